The maximum Gasteiger partial charge on any atom is 0.246 e. The molecule has 1 aromatic carbocycles. The number of halogens is 4. The van der Waals surface area contributed by atoms with Crippen molar-refractivity contribution in [2.75, 3.05) is 11.9 Å². The van der Waals surface area contributed by atoms with E-state index >= 15 is 0 Å². The fraction of sp³-hybridized carbons (Fsp3) is 0.500. The molecule has 0 saturated carbocycles. The predicted molar refractivity (Wildman–Crippen MR) is 89.5 cm³/mol. The summed E-state index contributed by atoms with van der Waals surface area (Å²) < 4.78 is 27.8. The average molecular weight is 466 g/mol. The minimum Gasteiger partial charge on any atom is -0.207 e. The zero-order valence-electron chi connectivity index (χ0n) is 10.5. The van der Waals surface area contributed by atoms with E-state index in [1.807, 2.05) is 0 Å². The van der Waals surface area contributed by atoms with Gasteiger partial charge < -0.3 is 0 Å². The van der Waals surface area contributed by atoms with Gasteiger partial charge in [-0.05, 0) is 25.0 Å². The lowest BCUT2D eigenvalue weighted by Gasteiger charge is -2.34. The summed E-state index contributed by atoms with van der Waals surface area (Å²) in [4.78, 5) is -0.00289. The molecule has 112 valence electrons. The van der Waals surface area contributed by atoms with Crippen LogP contribution in [0.3, 0.4) is 0 Å². The highest BCUT2D eigenvalue weighted by atomic mass is 79.9. The van der Waals surface area contributed by atoms with Gasteiger partial charge in [-0.25, -0.2) is 8.42 Å². The quantitative estimate of drug-likeness (QED) is 0.607. The lowest BCUT2D eigenvalue weighted by molar-refractivity contribution is 0.273. The van der Waals surface area contributed by atoms with Crippen molar-refractivity contribution in [3.8, 4) is 0 Å². The topological polar surface area (TPSA) is 37.4 Å². The number of piperidine rings is 1. The molecule has 1 aliphatic heterocycles. The molecule has 1 aromatic rings. The molecule has 1 atom stereocenters. The molecule has 0 aliphatic carbocycles. The van der Waals surface area contributed by atoms with Crippen LogP contribution in [0.4, 0.5) is 0 Å². The van der Waals surface area contributed by atoms with Gasteiger partial charge in [-0.1, -0.05) is 61.5 Å². The zero-order valence-corrected chi connectivity index (χ0v) is 16.0. The van der Waals surface area contributed by atoms with Crippen LogP contribution in [0.1, 0.15) is 19.3 Å². The molecule has 3 nitrogen and oxygen atoms in total. The first-order valence-corrected chi connectivity index (χ1v) is 10.2. The van der Waals surface area contributed by atoms with E-state index < -0.39 is 10.0 Å². The second-order valence-electron chi connectivity index (χ2n) is 4.62. The number of hydrogen-bond acceptors (Lipinski definition) is 2. The number of rotatable bonds is 3. The SMILES string of the molecule is O=S(=O)(c1c(Cl)cc(Br)cc1Cl)N1CCCCC1CBr. The molecule has 2 rings (SSSR count). The van der Waals surface area contributed by atoms with Crippen LogP contribution in [0.2, 0.25) is 10.0 Å². The summed E-state index contributed by atoms with van der Waals surface area (Å²) in [6.45, 7) is 0.501. The van der Waals surface area contributed by atoms with Gasteiger partial charge >= 0.3 is 0 Å². The van der Waals surface area contributed by atoms with Crippen molar-refractivity contribution in [3.05, 3.63) is 26.7 Å². The molecular weight excluding hydrogens is 453 g/mol. The summed E-state index contributed by atoms with van der Waals surface area (Å²) in [7, 11) is -3.68. The Morgan fingerprint density at radius 1 is 1.25 bits per heavy atom. The standard InChI is InChI=1S/C12H13Br2Cl2NO2S/c13-7-9-3-1-2-4-17(9)20(18,19)12-10(15)5-8(14)6-11(12)16/h5-6,9H,1-4,7H2. The van der Waals surface area contributed by atoms with Gasteiger partial charge in [0.25, 0.3) is 0 Å². The Labute approximate surface area is 145 Å². The average Bonchev–Trinajstić information content (AvgIpc) is 2.37. The second-order valence-corrected chi connectivity index (χ2v) is 8.82. The number of benzene rings is 1. The lowest BCUT2D eigenvalue weighted by Crippen LogP contribution is -2.44. The van der Waals surface area contributed by atoms with Gasteiger partial charge in [0.1, 0.15) is 4.90 Å². The Kier molecular flexibility index (Phi) is 5.82. The zero-order chi connectivity index (χ0) is 14.9. The van der Waals surface area contributed by atoms with E-state index in [4.69, 9.17) is 23.2 Å². The van der Waals surface area contributed by atoms with Crippen molar-refractivity contribution < 1.29 is 8.42 Å². The van der Waals surface area contributed by atoms with Crippen molar-refractivity contribution in [2.45, 2.75) is 30.2 Å². The van der Waals surface area contributed by atoms with Crippen molar-refractivity contribution >= 4 is 65.1 Å². The molecule has 0 aromatic heterocycles. The van der Waals surface area contributed by atoms with Gasteiger partial charge in [0.05, 0.1) is 10.0 Å². The summed E-state index contributed by atoms with van der Waals surface area (Å²) in [5, 5.41) is 0.893. The van der Waals surface area contributed by atoms with Gasteiger partial charge in [-0.2, -0.15) is 4.31 Å². The first-order chi connectivity index (χ1) is 9.37. The number of sulfonamides is 1. The molecule has 0 N–H and O–H groups in total. The van der Waals surface area contributed by atoms with Crippen LogP contribution in [0.15, 0.2) is 21.5 Å². The summed E-state index contributed by atoms with van der Waals surface area (Å²) in [6.07, 6.45) is 2.73. The largest absolute Gasteiger partial charge is 0.246 e. The Bertz CT molecular complexity index is 586. The van der Waals surface area contributed by atoms with Crippen molar-refractivity contribution in [1.29, 1.82) is 0 Å². The number of hydrogen-bond donors (Lipinski definition) is 0. The lowest BCUT2D eigenvalue weighted by atomic mass is 10.1. The summed E-state index contributed by atoms with van der Waals surface area (Å²) in [6, 6.07) is 3.05. The van der Waals surface area contributed by atoms with Gasteiger partial charge in [-0.15, -0.1) is 0 Å². The summed E-state index contributed by atoms with van der Waals surface area (Å²) in [5.74, 6) is 0. The second kappa shape index (κ2) is 6.84. The Hall–Kier alpha value is 0.670. The molecule has 1 saturated heterocycles. The van der Waals surface area contributed by atoms with E-state index in [1.165, 1.54) is 4.31 Å². The van der Waals surface area contributed by atoms with Crippen molar-refractivity contribution in [1.82, 2.24) is 4.31 Å². The van der Waals surface area contributed by atoms with E-state index in [2.05, 4.69) is 31.9 Å². The van der Waals surface area contributed by atoms with Crippen LogP contribution in [0, 0.1) is 0 Å². The van der Waals surface area contributed by atoms with E-state index in [1.54, 1.807) is 12.1 Å². The third-order valence-electron chi connectivity index (χ3n) is 3.28. The first-order valence-electron chi connectivity index (χ1n) is 6.10. The fourth-order valence-electron chi connectivity index (χ4n) is 2.34. The molecule has 0 amide bonds. The molecule has 1 heterocycles. The smallest absolute Gasteiger partial charge is 0.207 e. The van der Waals surface area contributed by atoms with Gasteiger partial charge in [0.15, 0.2) is 0 Å². The molecule has 0 spiro atoms. The maximum absolute atomic E-state index is 12.8. The van der Waals surface area contributed by atoms with Crippen LogP contribution in [-0.2, 0) is 10.0 Å². The Morgan fingerprint density at radius 2 is 1.85 bits per heavy atom. The van der Waals surface area contributed by atoms with Crippen LogP contribution < -0.4 is 0 Å². The molecule has 20 heavy (non-hydrogen) atoms. The van der Waals surface area contributed by atoms with Gasteiger partial charge in [0, 0.05) is 22.4 Å². The first kappa shape index (κ1) is 17.0. The molecule has 1 fully saturated rings. The highest BCUT2D eigenvalue weighted by Gasteiger charge is 2.35. The normalized spacial score (nSPS) is 21.1. The van der Waals surface area contributed by atoms with Crippen LogP contribution in [0.25, 0.3) is 0 Å². The Morgan fingerprint density at radius 3 is 2.40 bits per heavy atom. The number of nitrogens with zero attached hydrogens (tertiary/aromatic N) is 1. The van der Waals surface area contributed by atoms with Gasteiger partial charge in [0.2, 0.25) is 10.0 Å². The number of alkyl halides is 1. The van der Waals surface area contributed by atoms with Crippen LogP contribution in [0.5, 0.6) is 0 Å². The predicted octanol–water partition coefficient (Wildman–Crippen LogP) is 4.69. The van der Waals surface area contributed by atoms with E-state index in [0.29, 0.717) is 16.3 Å². The summed E-state index contributed by atoms with van der Waals surface area (Å²) in [5.41, 5.74) is 0. The monoisotopic (exact) mass is 463 g/mol. The summed E-state index contributed by atoms with van der Waals surface area (Å²) >= 11 is 18.8. The Balaban J connectivity index is 2.49. The molecule has 0 radical (unpaired) electrons. The third-order valence-corrected chi connectivity index (χ3v) is 7.36. The maximum atomic E-state index is 12.8. The highest BCUT2D eigenvalue weighted by Crippen LogP contribution is 2.36. The highest BCUT2D eigenvalue weighted by molar-refractivity contribution is 9.10. The van der Waals surface area contributed by atoms with E-state index in [0.717, 1.165) is 19.3 Å². The van der Waals surface area contributed by atoms with Gasteiger partial charge in [-0.3, -0.25) is 0 Å². The molecule has 1 aliphatic rings. The molecule has 1 unspecified atom stereocenters. The van der Waals surface area contributed by atoms with Crippen molar-refractivity contribution in [2.24, 2.45) is 0 Å². The van der Waals surface area contributed by atoms with Crippen molar-refractivity contribution in [3.63, 3.8) is 0 Å². The minimum absolute atomic E-state index is 0.00289. The van der Waals surface area contributed by atoms with Crippen LogP contribution in [-0.4, -0.2) is 30.6 Å². The van der Waals surface area contributed by atoms with E-state index in [9.17, 15) is 8.42 Å². The molecular formula is C12H13Br2Cl2NO2S. The molecule has 0 bridgehead atoms. The van der Waals surface area contributed by atoms with Crippen LogP contribution >= 0.6 is 55.1 Å². The fourth-order valence-corrected chi connectivity index (χ4v) is 6.78. The third kappa shape index (κ3) is 3.36. The molecule has 8 heteroatoms. The van der Waals surface area contributed by atoms with E-state index in [-0.39, 0.29) is 21.0 Å². The minimum atomic E-state index is -3.68.